The van der Waals surface area contributed by atoms with E-state index >= 15 is 0 Å². The average Bonchev–Trinajstić information content (AvgIpc) is 2.82. The summed E-state index contributed by atoms with van der Waals surface area (Å²) in [4.78, 5) is 29.2. The smallest absolute Gasteiger partial charge is 0.341 e. The number of amides is 1. The zero-order valence-electron chi connectivity index (χ0n) is 18.7. The number of unbranched alkanes of at least 4 members (excludes halogenated alkanes) is 3. The lowest BCUT2D eigenvalue weighted by Gasteiger charge is -2.34. The molecule has 0 saturated carbocycles. The molecule has 2 aromatic rings. The summed E-state index contributed by atoms with van der Waals surface area (Å²) >= 11 is 4.99. The fourth-order valence-electron chi connectivity index (χ4n) is 3.78. The Kier molecular flexibility index (Phi) is 7.89. The van der Waals surface area contributed by atoms with Crippen molar-refractivity contribution < 1.29 is 19.4 Å². The number of fused-ring (bicyclic) bond motifs is 2. The number of hydrogen-bond donors (Lipinski definition) is 2. The molecule has 2 aromatic carbocycles. The van der Waals surface area contributed by atoms with E-state index in [1.165, 1.54) is 18.2 Å². The first kappa shape index (κ1) is 24.3. The maximum absolute atomic E-state index is 13.3. The molecule has 2 aliphatic rings. The van der Waals surface area contributed by atoms with E-state index in [-0.39, 0.29) is 5.91 Å². The van der Waals surface area contributed by atoms with Crippen LogP contribution in [-0.2, 0) is 9.59 Å². The molecular formula is C24H25BrN4O4S. The lowest BCUT2D eigenvalue weighted by molar-refractivity contribution is -0.139. The molecule has 2 heterocycles. The van der Waals surface area contributed by atoms with Gasteiger partial charge in [-0.1, -0.05) is 72.1 Å². The molecule has 0 spiro atoms. The van der Waals surface area contributed by atoms with E-state index in [2.05, 4.69) is 28.2 Å². The Labute approximate surface area is 209 Å². The van der Waals surface area contributed by atoms with Crippen LogP contribution in [0.2, 0.25) is 0 Å². The number of benzene rings is 2. The summed E-state index contributed by atoms with van der Waals surface area (Å²) in [6.45, 7) is 1.69. The monoisotopic (exact) mass is 544 g/mol. The van der Waals surface area contributed by atoms with Gasteiger partial charge in [0.1, 0.15) is 11.4 Å². The number of carboxylic acid groups (broad SMARTS) is 1. The van der Waals surface area contributed by atoms with E-state index in [1.54, 1.807) is 17.1 Å². The van der Waals surface area contributed by atoms with E-state index in [1.807, 2.05) is 30.3 Å². The Balaban J connectivity index is 1.76. The second-order valence-electron chi connectivity index (χ2n) is 7.85. The van der Waals surface area contributed by atoms with E-state index < -0.39 is 18.7 Å². The molecule has 1 atom stereocenters. The van der Waals surface area contributed by atoms with Gasteiger partial charge < -0.3 is 9.84 Å². The number of amidine groups is 1. The second-order valence-corrected chi connectivity index (χ2v) is 9.85. The van der Waals surface area contributed by atoms with Crippen LogP contribution in [0.3, 0.4) is 0 Å². The van der Waals surface area contributed by atoms with Crippen LogP contribution in [0.1, 0.15) is 44.3 Å². The Morgan fingerprint density at radius 2 is 2.06 bits per heavy atom. The van der Waals surface area contributed by atoms with Crippen molar-refractivity contribution >= 4 is 50.4 Å². The molecule has 0 saturated heterocycles. The van der Waals surface area contributed by atoms with Gasteiger partial charge in [0.25, 0.3) is 5.91 Å². The number of para-hydroxylation sites is 1. The first-order valence-electron chi connectivity index (χ1n) is 11.1. The number of carbonyl (C=O) groups excluding carboxylic acids is 1. The fraction of sp³-hybridized carbons (Fsp3) is 0.333. The molecule has 10 heteroatoms. The molecule has 0 aliphatic carbocycles. The predicted octanol–water partition coefficient (Wildman–Crippen LogP) is 3.37. The van der Waals surface area contributed by atoms with Gasteiger partial charge in [0.15, 0.2) is 17.9 Å². The first-order chi connectivity index (χ1) is 16.5. The van der Waals surface area contributed by atoms with Crippen LogP contribution in [0.5, 0.6) is 5.75 Å². The minimum absolute atomic E-state index is 0.255. The molecule has 2 aliphatic heterocycles. The number of hydrazone groups is 1. The highest BCUT2D eigenvalue weighted by molar-refractivity contribution is 9.10. The summed E-state index contributed by atoms with van der Waals surface area (Å²) in [6, 6.07) is 12.7. The van der Waals surface area contributed by atoms with Crippen LogP contribution in [0, 0.1) is 0 Å². The number of carboxylic acids is 1. The predicted molar refractivity (Wildman–Crippen MR) is 135 cm³/mol. The molecule has 1 unspecified atom stereocenters. The lowest BCUT2D eigenvalue weighted by atomic mass is 10.1. The molecule has 0 aromatic heterocycles. The minimum Gasteiger partial charge on any atom is -0.481 e. The summed E-state index contributed by atoms with van der Waals surface area (Å²) in [5.74, 6) is -0.0948. The number of rotatable bonds is 9. The third-order valence-corrected chi connectivity index (χ3v) is 6.80. The zero-order chi connectivity index (χ0) is 24.1. The molecule has 4 rings (SSSR count). The zero-order valence-corrected chi connectivity index (χ0v) is 21.1. The van der Waals surface area contributed by atoms with Gasteiger partial charge in [-0.25, -0.2) is 9.80 Å². The molecule has 34 heavy (non-hydrogen) atoms. The summed E-state index contributed by atoms with van der Waals surface area (Å²) in [5.41, 5.74) is 1.01. The Bertz CT molecular complexity index is 1250. The van der Waals surface area contributed by atoms with Gasteiger partial charge in [-0.2, -0.15) is 0 Å². The highest BCUT2D eigenvalue weighted by atomic mass is 79.9. The Morgan fingerprint density at radius 1 is 1.24 bits per heavy atom. The van der Waals surface area contributed by atoms with Gasteiger partial charge in [0.2, 0.25) is 0 Å². The van der Waals surface area contributed by atoms with Gasteiger partial charge in [-0.3, -0.25) is 15.1 Å². The van der Waals surface area contributed by atoms with Crippen molar-refractivity contribution in [2.45, 2.75) is 38.8 Å². The first-order valence-corrected chi connectivity index (χ1v) is 12.9. The van der Waals surface area contributed by atoms with Crippen LogP contribution in [0.25, 0.3) is 5.70 Å². The third-order valence-electron chi connectivity index (χ3n) is 5.35. The van der Waals surface area contributed by atoms with Gasteiger partial charge in [0, 0.05) is 21.0 Å². The van der Waals surface area contributed by atoms with Crippen molar-refractivity contribution in [1.82, 2.24) is 10.3 Å². The Morgan fingerprint density at radius 3 is 2.85 bits per heavy atom. The van der Waals surface area contributed by atoms with Crippen LogP contribution in [-0.4, -0.2) is 39.5 Å². The van der Waals surface area contributed by atoms with Gasteiger partial charge >= 0.3 is 5.97 Å². The normalized spacial score (nSPS) is 16.7. The van der Waals surface area contributed by atoms with Crippen LogP contribution in [0.4, 0.5) is 0 Å². The van der Waals surface area contributed by atoms with Crippen molar-refractivity contribution in [3.8, 4) is 5.75 Å². The highest BCUT2D eigenvalue weighted by Gasteiger charge is 2.35. The highest BCUT2D eigenvalue weighted by Crippen LogP contribution is 2.35. The van der Waals surface area contributed by atoms with E-state index in [0.717, 1.165) is 29.5 Å². The molecular weight excluding hydrogens is 520 g/mol. The quantitative estimate of drug-likeness (QED) is 0.469. The van der Waals surface area contributed by atoms with Gasteiger partial charge in [-0.15, -0.1) is 5.10 Å². The number of halogens is 1. The summed E-state index contributed by atoms with van der Waals surface area (Å²) in [5, 5.41) is 20.2. The molecule has 0 bridgehead atoms. The fourth-order valence-corrected chi connectivity index (χ4v) is 5.00. The number of hydrogen-bond acceptors (Lipinski definition) is 7. The van der Waals surface area contributed by atoms with Crippen molar-refractivity contribution in [1.29, 1.82) is 0 Å². The maximum atomic E-state index is 13.3. The standard InChI is InChI=1S/C24H25BrN4O4S/c1-2-3-4-7-12-34-24-27-23(32)21-17-13-15(25)10-11-18(17)26-22(29(21)28-24)16-8-5-6-9-19(16)33-14-20(30)31/h5-6,8-11,13,22H,2-4,7,12,14H2,1H3,(H,30,31)(H,27,28,32). The Hall–Kier alpha value is -2.85. The van der Waals surface area contributed by atoms with Crippen LogP contribution >= 0.6 is 27.7 Å². The summed E-state index contributed by atoms with van der Waals surface area (Å²) < 4.78 is 6.36. The molecule has 0 radical (unpaired) electrons. The third kappa shape index (κ3) is 5.44. The molecule has 178 valence electrons. The summed E-state index contributed by atoms with van der Waals surface area (Å²) in [7, 11) is 0. The van der Waals surface area contributed by atoms with E-state index in [4.69, 9.17) is 19.9 Å². The van der Waals surface area contributed by atoms with Gasteiger partial charge in [0.05, 0.1) is 5.36 Å². The number of ether oxygens (including phenoxy) is 1. The van der Waals surface area contributed by atoms with Crippen LogP contribution < -0.4 is 20.6 Å². The number of thioether (sulfide) groups is 1. The van der Waals surface area contributed by atoms with E-state index in [9.17, 15) is 9.59 Å². The average molecular weight is 545 g/mol. The maximum Gasteiger partial charge on any atom is 0.341 e. The van der Waals surface area contributed by atoms with Crippen molar-refractivity contribution in [2.75, 3.05) is 12.4 Å². The summed E-state index contributed by atoms with van der Waals surface area (Å²) in [6.07, 6.45) is 3.84. The number of nitrogens with zero attached hydrogens (tertiary/aromatic N) is 3. The lowest BCUT2D eigenvalue weighted by Crippen LogP contribution is -2.50. The van der Waals surface area contributed by atoms with Crippen molar-refractivity contribution in [2.24, 2.45) is 10.1 Å². The second kappa shape index (κ2) is 11.1. The number of aliphatic carboxylic acids is 1. The number of nitrogens with one attached hydrogen (secondary N) is 1. The van der Waals surface area contributed by atoms with Crippen molar-refractivity contribution in [3.63, 3.8) is 0 Å². The van der Waals surface area contributed by atoms with Crippen molar-refractivity contribution in [3.05, 3.63) is 63.1 Å². The molecule has 0 fully saturated rings. The SMILES string of the molecule is CCCCCCSC1=NN2C(=c3cc(Br)ccc3=NC2c2ccccc2OCC(=O)O)C(=O)N1. The number of carbonyl (C=O) groups is 2. The molecule has 2 N–H and O–H groups in total. The minimum atomic E-state index is -1.07. The largest absolute Gasteiger partial charge is 0.481 e. The molecule has 1 amide bonds. The van der Waals surface area contributed by atoms with Gasteiger partial charge in [-0.05, 0) is 30.7 Å². The molecule has 8 nitrogen and oxygen atoms in total. The van der Waals surface area contributed by atoms with Crippen LogP contribution in [0.15, 0.2) is 57.0 Å². The van der Waals surface area contributed by atoms with E-state index in [0.29, 0.717) is 32.8 Å². The topological polar surface area (TPSA) is 104 Å².